The van der Waals surface area contributed by atoms with Gasteiger partial charge in [-0.25, -0.2) is 8.42 Å². The highest BCUT2D eigenvalue weighted by Crippen LogP contribution is 2.27. The summed E-state index contributed by atoms with van der Waals surface area (Å²) < 4.78 is 24.7. The van der Waals surface area contributed by atoms with Crippen molar-refractivity contribution in [2.75, 3.05) is 5.73 Å². The molecule has 0 spiro atoms. The standard InChI is InChI=1S/C13H11ClN2O4S/c14-12-5-4-10(15)7-13(12)21(19,20)8-9-2-1-3-11(6-9)16(17)18/h1-7H,8,15H2. The number of benzene rings is 2. The first-order valence-electron chi connectivity index (χ1n) is 5.81. The number of nitro groups is 1. The van der Waals surface area contributed by atoms with Crippen molar-refractivity contribution in [1.29, 1.82) is 0 Å². The summed E-state index contributed by atoms with van der Waals surface area (Å²) in [6, 6.07) is 9.62. The van der Waals surface area contributed by atoms with Gasteiger partial charge >= 0.3 is 0 Å². The second-order valence-corrected chi connectivity index (χ2v) is 6.74. The van der Waals surface area contributed by atoms with Crippen LogP contribution >= 0.6 is 11.6 Å². The number of nitrogen functional groups attached to an aromatic ring is 1. The highest BCUT2D eigenvalue weighted by molar-refractivity contribution is 7.90. The summed E-state index contributed by atoms with van der Waals surface area (Å²) in [6.07, 6.45) is 0. The maximum Gasteiger partial charge on any atom is 0.269 e. The highest BCUT2D eigenvalue weighted by Gasteiger charge is 2.20. The van der Waals surface area contributed by atoms with Crippen LogP contribution in [0.25, 0.3) is 0 Å². The molecule has 0 saturated heterocycles. The monoisotopic (exact) mass is 326 g/mol. The molecule has 2 rings (SSSR count). The van der Waals surface area contributed by atoms with Crippen LogP contribution in [-0.2, 0) is 15.6 Å². The molecule has 21 heavy (non-hydrogen) atoms. The summed E-state index contributed by atoms with van der Waals surface area (Å²) in [5, 5.41) is 10.8. The van der Waals surface area contributed by atoms with Crippen LogP contribution in [0.2, 0.25) is 5.02 Å². The fourth-order valence-electron chi connectivity index (χ4n) is 1.82. The molecule has 0 aliphatic heterocycles. The minimum atomic E-state index is -3.74. The van der Waals surface area contributed by atoms with Crippen LogP contribution in [0.5, 0.6) is 0 Å². The molecule has 0 fully saturated rings. The molecule has 0 aromatic heterocycles. The number of rotatable bonds is 4. The SMILES string of the molecule is Nc1ccc(Cl)c(S(=O)(=O)Cc2cccc([N+](=O)[O-])c2)c1. The minimum Gasteiger partial charge on any atom is -0.399 e. The van der Waals surface area contributed by atoms with Gasteiger partial charge < -0.3 is 5.73 Å². The summed E-state index contributed by atoms with van der Waals surface area (Å²) in [7, 11) is -3.74. The van der Waals surface area contributed by atoms with E-state index in [1.54, 1.807) is 0 Å². The fraction of sp³-hybridized carbons (Fsp3) is 0.0769. The van der Waals surface area contributed by atoms with E-state index in [4.69, 9.17) is 17.3 Å². The molecular weight excluding hydrogens is 316 g/mol. The first-order chi connectivity index (χ1) is 9.79. The van der Waals surface area contributed by atoms with Gasteiger partial charge in [-0.15, -0.1) is 0 Å². The second-order valence-electron chi connectivity index (χ2n) is 4.38. The summed E-state index contributed by atoms with van der Waals surface area (Å²) >= 11 is 5.89. The Morgan fingerprint density at radius 1 is 1.19 bits per heavy atom. The van der Waals surface area contributed by atoms with E-state index in [1.807, 2.05) is 0 Å². The maximum atomic E-state index is 12.3. The normalized spacial score (nSPS) is 11.3. The smallest absolute Gasteiger partial charge is 0.269 e. The zero-order chi connectivity index (χ0) is 15.6. The van der Waals surface area contributed by atoms with E-state index >= 15 is 0 Å². The van der Waals surface area contributed by atoms with E-state index in [9.17, 15) is 18.5 Å². The van der Waals surface area contributed by atoms with Crippen LogP contribution < -0.4 is 5.73 Å². The first kappa shape index (κ1) is 15.3. The van der Waals surface area contributed by atoms with E-state index in [0.29, 0.717) is 5.56 Å². The van der Waals surface area contributed by atoms with Gasteiger partial charge in [0.15, 0.2) is 9.84 Å². The van der Waals surface area contributed by atoms with Gasteiger partial charge in [-0.2, -0.15) is 0 Å². The molecule has 6 nitrogen and oxygen atoms in total. The lowest BCUT2D eigenvalue weighted by molar-refractivity contribution is -0.384. The van der Waals surface area contributed by atoms with Crippen molar-refractivity contribution in [3.63, 3.8) is 0 Å². The van der Waals surface area contributed by atoms with Gasteiger partial charge in [0, 0.05) is 17.8 Å². The number of nitrogens with two attached hydrogens (primary N) is 1. The third-order valence-corrected chi connectivity index (χ3v) is 4.93. The van der Waals surface area contributed by atoms with Crippen molar-refractivity contribution >= 4 is 32.8 Å². The largest absolute Gasteiger partial charge is 0.399 e. The second kappa shape index (κ2) is 5.71. The third kappa shape index (κ3) is 3.50. The van der Waals surface area contributed by atoms with Gasteiger partial charge in [0.1, 0.15) is 0 Å². The molecule has 110 valence electrons. The van der Waals surface area contributed by atoms with Gasteiger partial charge in [0.05, 0.1) is 20.6 Å². The van der Waals surface area contributed by atoms with Gasteiger partial charge in [-0.3, -0.25) is 10.1 Å². The van der Waals surface area contributed by atoms with Crippen molar-refractivity contribution in [1.82, 2.24) is 0 Å². The lowest BCUT2D eigenvalue weighted by Gasteiger charge is -2.07. The van der Waals surface area contributed by atoms with Crippen LogP contribution in [-0.4, -0.2) is 13.3 Å². The minimum absolute atomic E-state index is 0.0645. The zero-order valence-corrected chi connectivity index (χ0v) is 12.3. The van der Waals surface area contributed by atoms with Gasteiger partial charge in [-0.1, -0.05) is 23.7 Å². The van der Waals surface area contributed by atoms with Crippen molar-refractivity contribution in [3.8, 4) is 0 Å². The summed E-state index contributed by atoms with van der Waals surface area (Å²) in [5.74, 6) is -0.391. The Balaban J connectivity index is 2.40. The lowest BCUT2D eigenvalue weighted by Crippen LogP contribution is -2.06. The molecule has 0 unspecified atom stereocenters. The van der Waals surface area contributed by atoms with Crippen molar-refractivity contribution < 1.29 is 13.3 Å². The summed E-state index contributed by atoms with van der Waals surface area (Å²) in [4.78, 5) is 10.0. The van der Waals surface area contributed by atoms with Crippen molar-refractivity contribution in [2.24, 2.45) is 0 Å². The van der Waals surface area contributed by atoms with Crippen molar-refractivity contribution in [2.45, 2.75) is 10.6 Å². The molecule has 0 amide bonds. The van der Waals surface area contributed by atoms with Gasteiger partial charge in [0.25, 0.3) is 5.69 Å². The Hall–Kier alpha value is -2.12. The molecule has 0 heterocycles. The van der Waals surface area contributed by atoms with E-state index in [0.717, 1.165) is 0 Å². The van der Waals surface area contributed by atoms with Crippen LogP contribution in [0.4, 0.5) is 11.4 Å². The molecule has 0 atom stereocenters. The number of anilines is 1. The fourth-order valence-corrected chi connectivity index (χ4v) is 3.74. The maximum absolute atomic E-state index is 12.3. The first-order valence-corrected chi connectivity index (χ1v) is 7.84. The molecule has 0 bridgehead atoms. The number of hydrogen-bond donors (Lipinski definition) is 1. The topological polar surface area (TPSA) is 103 Å². The Kier molecular flexibility index (Phi) is 4.15. The number of sulfone groups is 1. The quantitative estimate of drug-likeness (QED) is 0.528. The van der Waals surface area contributed by atoms with E-state index in [2.05, 4.69) is 0 Å². The van der Waals surface area contributed by atoms with Crippen LogP contribution in [0.15, 0.2) is 47.4 Å². The molecule has 0 saturated carbocycles. The van der Waals surface area contributed by atoms with Gasteiger partial charge in [-0.05, 0) is 23.8 Å². The summed E-state index contributed by atoms with van der Waals surface area (Å²) in [5.41, 5.74) is 5.99. The van der Waals surface area contributed by atoms with E-state index in [-0.39, 0.29) is 21.3 Å². The molecule has 0 aliphatic carbocycles. The Morgan fingerprint density at radius 2 is 1.90 bits per heavy atom. The Morgan fingerprint density at radius 3 is 2.57 bits per heavy atom. The Bertz CT molecular complexity index is 806. The van der Waals surface area contributed by atoms with Crippen LogP contribution in [0, 0.1) is 10.1 Å². The molecular formula is C13H11ClN2O4S. The molecule has 2 aromatic rings. The summed E-state index contributed by atoms with van der Waals surface area (Å²) in [6.45, 7) is 0. The highest BCUT2D eigenvalue weighted by atomic mass is 35.5. The molecule has 8 heteroatoms. The average molecular weight is 327 g/mol. The average Bonchev–Trinajstić information content (AvgIpc) is 2.41. The van der Waals surface area contributed by atoms with E-state index < -0.39 is 20.5 Å². The number of nitro benzene ring substituents is 1. The number of nitrogens with zero attached hydrogens (tertiary/aromatic N) is 1. The molecule has 2 N–H and O–H groups in total. The molecule has 0 radical (unpaired) electrons. The van der Waals surface area contributed by atoms with Crippen LogP contribution in [0.1, 0.15) is 5.56 Å². The van der Waals surface area contributed by atoms with Crippen LogP contribution in [0.3, 0.4) is 0 Å². The van der Waals surface area contributed by atoms with E-state index in [1.165, 1.54) is 42.5 Å². The zero-order valence-electron chi connectivity index (χ0n) is 10.7. The molecule has 0 aliphatic rings. The third-order valence-electron chi connectivity index (χ3n) is 2.77. The molecule has 2 aromatic carbocycles. The predicted molar refractivity (Wildman–Crippen MR) is 79.9 cm³/mol. The predicted octanol–water partition coefficient (Wildman–Crippen LogP) is 2.80. The van der Waals surface area contributed by atoms with Crippen molar-refractivity contribution in [3.05, 3.63) is 63.2 Å². The Labute approximate surface area is 126 Å². The number of halogens is 1. The lowest BCUT2D eigenvalue weighted by atomic mass is 10.2. The van der Waals surface area contributed by atoms with Gasteiger partial charge in [0.2, 0.25) is 0 Å². The number of hydrogen-bond acceptors (Lipinski definition) is 5. The number of non-ortho nitro benzene ring substituents is 1.